The zero-order chi connectivity index (χ0) is 16.8. The van der Waals surface area contributed by atoms with Crippen LogP contribution in [0.25, 0.3) is 0 Å². The SMILES string of the molecule is COc1ccc(C[C@@H]2CN(C(=O)CCc3ccco3)CCO2)cc1. The Morgan fingerprint density at radius 2 is 2.12 bits per heavy atom. The van der Waals surface area contributed by atoms with E-state index >= 15 is 0 Å². The van der Waals surface area contributed by atoms with E-state index in [1.165, 1.54) is 5.56 Å². The normalized spacial score (nSPS) is 17.7. The number of amides is 1. The highest BCUT2D eigenvalue weighted by molar-refractivity contribution is 5.76. The summed E-state index contributed by atoms with van der Waals surface area (Å²) in [6.07, 6.45) is 3.60. The molecule has 128 valence electrons. The second-order valence-electron chi connectivity index (χ2n) is 5.96. The maximum atomic E-state index is 12.4. The summed E-state index contributed by atoms with van der Waals surface area (Å²) in [4.78, 5) is 14.3. The summed E-state index contributed by atoms with van der Waals surface area (Å²) in [6, 6.07) is 11.7. The summed E-state index contributed by atoms with van der Waals surface area (Å²) < 4.78 is 16.3. The van der Waals surface area contributed by atoms with Crippen LogP contribution in [-0.2, 0) is 22.4 Å². The molecule has 1 amide bonds. The van der Waals surface area contributed by atoms with Crippen molar-refractivity contribution < 1.29 is 18.7 Å². The van der Waals surface area contributed by atoms with Gasteiger partial charge in [-0.05, 0) is 29.8 Å². The number of nitrogens with zero attached hydrogens (tertiary/aromatic N) is 1. The van der Waals surface area contributed by atoms with E-state index in [0.29, 0.717) is 32.5 Å². The predicted molar refractivity (Wildman–Crippen MR) is 90.0 cm³/mol. The minimum atomic E-state index is 0.0414. The number of carbonyl (C=O) groups excluding carboxylic acids is 1. The summed E-state index contributed by atoms with van der Waals surface area (Å²) in [5.41, 5.74) is 1.19. The van der Waals surface area contributed by atoms with E-state index in [1.807, 2.05) is 41.3 Å². The molecule has 1 fully saturated rings. The van der Waals surface area contributed by atoms with Crippen LogP contribution < -0.4 is 4.74 Å². The number of benzene rings is 1. The van der Waals surface area contributed by atoms with Crippen molar-refractivity contribution in [2.24, 2.45) is 0 Å². The minimum Gasteiger partial charge on any atom is -0.497 e. The molecule has 1 aromatic heterocycles. The van der Waals surface area contributed by atoms with Crippen molar-refractivity contribution >= 4 is 5.91 Å². The molecule has 1 saturated heterocycles. The Balaban J connectivity index is 1.50. The molecule has 0 N–H and O–H groups in total. The first-order valence-electron chi connectivity index (χ1n) is 8.29. The maximum absolute atomic E-state index is 12.4. The van der Waals surface area contributed by atoms with Gasteiger partial charge in [0.15, 0.2) is 0 Å². The largest absolute Gasteiger partial charge is 0.497 e. The van der Waals surface area contributed by atoms with E-state index in [0.717, 1.165) is 17.9 Å². The second-order valence-corrected chi connectivity index (χ2v) is 5.96. The van der Waals surface area contributed by atoms with Crippen molar-refractivity contribution in [3.8, 4) is 5.75 Å². The molecule has 5 nitrogen and oxygen atoms in total. The summed E-state index contributed by atoms with van der Waals surface area (Å²) in [5.74, 6) is 1.86. The lowest BCUT2D eigenvalue weighted by atomic mass is 10.1. The van der Waals surface area contributed by atoms with E-state index in [4.69, 9.17) is 13.9 Å². The van der Waals surface area contributed by atoms with Gasteiger partial charge in [0, 0.05) is 32.4 Å². The predicted octanol–water partition coefficient (Wildman–Crippen LogP) is 2.69. The lowest BCUT2D eigenvalue weighted by Crippen LogP contribution is -2.46. The third kappa shape index (κ3) is 4.38. The quantitative estimate of drug-likeness (QED) is 0.818. The fourth-order valence-corrected chi connectivity index (χ4v) is 2.94. The Morgan fingerprint density at radius 1 is 1.29 bits per heavy atom. The Hall–Kier alpha value is -2.27. The Bertz CT molecular complexity index is 636. The van der Waals surface area contributed by atoms with Crippen LogP contribution in [0.3, 0.4) is 0 Å². The van der Waals surface area contributed by atoms with Crippen molar-refractivity contribution in [2.45, 2.75) is 25.4 Å². The first-order chi connectivity index (χ1) is 11.7. The molecular weight excluding hydrogens is 306 g/mol. The molecular formula is C19H23NO4. The fraction of sp³-hybridized carbons (Fsp3) is 0.421. The average molecular weight is 329 g/mol. The van der Waals surface area contributed by atoms with E-state index in [9.17, 15) is 4.79 Å². The third-order valence-corrected chi connectivity index (χ3v) is 4.28. The Morgan fingerprint density at radius 3 is 2.83 bits per heavy atom. The number of morpholine rings is 1. The molecule has 0 unspecified atom stereocenters. The lowest BCUT2D eigenvalue weighted by Gasteiger charge is -2.33. The molecule has 1 aliphatic heterocycles. The molecule has 2 aromatic rings. The number of aryl methyl sites for hydroxylation is 1. The van der Waals surface area contributed by atoms with Crippen LogP contribution in [0.5, 0.6) is 5.75 Å². The molecule has 1 aliphatic rings. The van der Waals surface area contributed by atoms with Crippen LogP contribution in [0.4, 0.5) is 0 Å². The number of methoxy groups -OCH3 is 1. The average Bonchev–Trinajstić information content (AvgIpc) is 3.14. The van der Waals surface area contributed by atoms with E-state index in [2.05, 4.69) is 0 Å². The first-order valence-corrected chi connectivity index (χ1v) is 8.29. The van der Waals surface area contributed by atoms with Crippen molar-refractivity contribution in [2.75, 3.05) is 26.8 Å². The topological polar surface area (TPSA) is 51.9 Å². The van der Waals surface area contributed by atoms with Gasteiger partial charge in [-0.15, -0.1) is 0 Å². The van der Waals surface area contributed by atoms with Gasteiger partial charge < -0.3 is 18.8 Å². The summed E-state index contributed by atoms with van der Waals surface area (Å²) in [6.45, 7) is 1.90. The van der Waals surface area contributed by atoms with E-state index in [-0.39, 0.29) is 12.0 Å². The highest BCUT2D eigenvalue weighted by Gasteiger charge is 2.24. The monoisotopic (exact) mass is 329 g/mol. The van der Waals surface area contributed by atoms with Gasteiger partial charge in [0.05, 0.1) is 26.1 Å². The van der Waals surface area contributed by atoms with Gasteiger partial charge in [0.2, 0.25) is 5.91 Å². The summed E-state index contributed by atoms with van der Waals surface area (Å²) >= 11 is 0. The van der Waals surface area contributed by atoms with Crippen LogP contribution in [0.2, 0.25) is 0 Å². The number of hydrogen-bond donors (Lipinski definition) is 0. The zero-order valence-corrected chi connectivity index (χ0v) is 13.9. The number of ether oxygens (including phenoxy) is 2. The lowest BCUT2D eigenvalue weighted by molar-refractivity contribution is -0.138. The molecule has 1 aromatic carbocycles. The smallest absolute Gasteiger partial charge is 0.223 e. The van der Waals surface area contributed by atoms with Gasteiger partial charge in [0.1, 0.15) is 11.5 Å². The first kappa shape index (κ1) is 16.6. The van der Waals surface area contributed by atoms with Crippen LogP contribution in [0, 0.1) is 0 Å². The summed E-state index contributed by atoms with van der Waals surface area (Å²) in [7, 11) is 1.66. The molecule has 2 heterocycles. The highest BCUT2D eigenvalue weighted by Crippen LogP contribution is 2.16. The second kappa shape index (κ2) is 8.02. The molecule has 0 aliphatic carbocycles. The van der Waals surface area contributed by atoms with E-state index < -0.39 is 0 Å². The highest BCUT2D eigenvalue weighted by atomic mass is 16.5. The summed E-state index contributed by atoms with van der Waals surface area (Å²) in [5, 5.41) is 0. The van der Waals surface area contributed by atoms with Crippen LogP contribution >= 0.6 is 0 Å². The number of rotatable bonds is 6. The van der Waals surface area contributed by atoms with Crippen molar-refractivity contribution in [3.05, 3.63) is 54.0 Å². The third-order valence-electron chi connectivity index (χ3n) is 4.28. The van der Waals surface area contributed by atoms with Crippen LogP contribution in [0.1, 0.15) is 17.7 Å². The minimum absolute atomic E-state index is 0.0414. The van der Waals surface area contributed by atoms with Crippen LogP contribution in [0.15, 0.2) is 47.1 Å². The van der Waals surface area contributed by atoms with Crippen molar-refractivity contribution in [1.82, 2.24) is 4.90 Å². The Kier molecular flexibility index (Phi) is 5.54. The van der Waals surface area contributed by atoms with Crippen molar-refractivity contribution in [1.29, 1.82) is 0 Å². The Labute approximate surface area is 142 Å². The molecule has 0 radical (unpaired) electrons. The standard InChI is InChI=1S/C19H23NO4/c1-22-16-6-4-15(5-7-16)13-18-14-20(10-12-24-18)19(21)9-8-17-3-2-11-23-17/h2-7,11,18H,8-10,12-14H2,1H3/t18-/m1/s1. The molecule has 24 heavy (non-hydrogen) atoms. The van der Waals surface area contributed by atoms with Gasteiger partial charge in [0.25, 0.3) is 0 Å². The molecule has 5 heteroatoms. The van der Waals surface area contributed by atoms with Gasteiger partial charge in [-0.2, -0.15) is 0 Å². The molecule has 0 spiro atoms. The fourth-order valence-electron chi connectivity index (χ4n) is 2.94. The molecule has 3 rings (SSSR count). The van der Waals surface area contributed by atoms with Gasteiger partial charge in [-0.3, -0.25) is 4.79 Å². The van der Waals surface area contributed by atoms with Gasteiger partial charge in [-0.25, -0.2) is 0 Å². The number of carbonyl (C=O) groups is 1. The zero-order valence-electron chi connectivity index (χ0n) is 13.9. The molecule has 0 bridgehead atoms. The maximum Gasteiger partial charge on any atom is 0.223 e. The van der Waals surface area contributed by atoms with E-state index in [1.54, 1.807) is 13.4 Å². The number of furan rings is 1. The van der Waals surface area contributed by atoms with Crippen molar-refractivity contribution in [3.63, 3.8) is 0 Å². The molecule has 0 saturated carbocycles. The van der Waals surface area contributed by atoms with Gasteiger partial charge in [-0.1, -0.05) is 12.1 Å². The number of hydrogen-bond acceptors (Lipinski definition) is 4. The van der Waals surface area contributed by atoms with Crippen LogP contribution in [-0.4, -0.2) is 43.7 Å². The molecule has 1 atom stereocenters. The van der Waals surface area contributed by atoms with Gasteiger partial charge >= 0.3 is 0 Å².